The molecule has 3 heteroatoms. The van der Waals surface area contributed by atoms with Crippen molar-refractivity contribution in [3.8, 4) is 5.75 Å². The number of hydrogen-bond acceptors (Lipinski definition) is 2. The maximum absolute atomic E-state index is 5.16. The first kappa shape index (κ1) is 8.10. The third-order valence-corrected chi connectivity index (χ3v) is 2.10. The summed E-state index contributed by atoms with van der Waals surface area (Å²) in [5, 5.41) is 0. The Kier molecular flexibility index (Phi) is 1.72. The van der Waals surface area contributed by atoms with Crippen LogP contribution in [0, 0.1) is 13.8 Å². The molecule has 0 fully saturated rings. The molecule has 0 amide bonds. The second-order valence-corrected chi connectivity index (χ2v) is 3.16. The molecular formula is C10H12N2O. The fourth-order valence-corrected chi connectivity index (χ4v) is 1.50. The van der Waals surface area contributed by atoms with Crippen molar-refractivity contribution in [1.29, 1.82) is 0 Å². The smallest absolute Gasteiger partial charge is 0.121 e. The van der Waals surface area contributed by atoms with Gasteiger partial charge in [0.2, 0.25) is 0 Å². The fraction of sp³-hybridized carbons (Fsp3) is 0.300. The Morgan fingerprint density at radius 3 is 2.77 bits per heavy atom. The minimum Gasteiger partial charge on any atom is -0.497 e. The third kappa shape index (κ3) is 1.26. The number of imidazole rings is 1. The van der Waals surface area contributed by atoms with E-state index in [2.05, 4.69) is 9.97 Å². The topological polar surface area (TPSA) is 37.9 Å². The average Bonchev–Trinajstić information content (AvgIpc) is 2.46. The number of ether oxygens (including phenoxy) is 1. The number of nitrogens with zero attached hydrogens (tertiary/aromatic N) is 1. The molecule has 0 aliphatic rings. The SMILES string of the molecule is COc1cc(C)c2nc(C)[nH]c2c1. The summed E-state index contributed by atoms with van der Waals surface area (Å²) in [5.74, 6) is 1.81. The highest BCUT2D eigenvalue weighted by molar-refractivity contribution is 5.80. The first-order valence-corrected chi connectivity index (χ1v) is 4.21. The van der Waals surface area contributed by atoms with E-state index in [1.807, 2.05) is 26.0 Å². The minimum absolute atomic E-state index is 0.869. The molecule has 2 rings (SSSR count). The minimum atomic E-state index is 0.869. The molecule has 0 spiro atoms. The average molecular weight is 176 g/mol. The van der Waals surface area contributed by atoms with Gasteiger partial charge in [-0.25, -0.2) is 4.98 Å². The van der Waals surface area contributed by atoms with Crippen LogP contribution in [0.2, 0.25) is 0 Å². The molecule has 1 heterocycles. The largest absolute Gasteiger partial charge is 0.497 e. The highest BCUT2D eigenvalue weighted by Crippen LogP contribution is 2.22. The maximum atomic E-state index is 5.16. The fourth-order valence-electron chi connectivity index (χ4n) is 1.50. The summed E-state index contributed by atoms with van der Waals surface area (Å²) in [6.07, 6.45) is 0. The third-order valence-electron chi connectivity index (χ3n) is 2.10. The van der Waals surface area contributed by atoms with Gasteiger partial charge in [0.05, 0.1) is 18.1 Å². The Labute approximate surface area is 76.8 Å². The van der Waals surface area contributed by atoms with Crippen molar-refractivity contribution in [3.05, 3.63) is 23.5 Å². The maximum Gasteiger partial charge on any atom is 0.121 e. The van der Waals surface area contributed by atoms with E-state index in [0.717, 1.165) is 28.2 Å². The highest BCUT2D eigenvalue weighted by Gasteiger charge is 2.04. The lowest BCUT2D eigenvalue weighted by atomic mass is 10.2. The molecule has 13 heavy (non-hydrogen) atoms. The Bertz CT molecular complexity index is 445. The van der Waals surface area contributed by atoms with Gasteiger partial charge in [0.1, 0.15) is 11.6 Å². The molecule has 0 bridgehead atoms. The number of H-pyrrole nitrogens is 1. The molecule has 1 N–H and O–H groups in total. The molecule has 0 atom stereocenters. The number of nitrogens with one attached hydrogen (secondary N) is 1. The molecule has 0 radical (unpaired) electrons. The lowest BCUT2D eigenvalue weighted by Gasteiger charge is -2.00. The summed E-state index contributed by atoms with van der Waals surface area (Å²) in [4.78, 5) is 7.56. The molecule has 1 aromatic heterocycles. The van der Waals surface area contributed by atoms with E-state index in [1.165, 1.54) is 0 Å². The van der Waals surface area contributed by atoms with Crippen LogP contribution in [0.4, 0.5) is 0 Å². The van der Waals surface area contributed by atoms with Crippen molar-refractivity contribution >= 4 is 11.0 Å². The highest BCUT2D eigenvalue weighted by atomic mass is 16.5. The first-order chi connectivity index (χ1) is 6.20. The summed E-state index contributed by atoms with van der Waals surface area (Å²) in [6, 6.07) is 3.95. The summed E-state index contributed by atoms with van der Waals surface area (Å²) < 4.78 is 5.16. The summed E-state index contributed by atoms with van der Waals surface area (Å²) >= 11 is 0. The van der Waals surface area contributed by atoms with Crippen LogP contribution in [0.15, 0.2) is 12.1 Å². The quantitative estimate of drug-likeness (QED) is 0.723. The van der Waals surface area contributed by atoms with Gasteiger partial charge < -0.3 is 9.72 Å². The zero-order chi connectivity index (χ0) is 9.42. The normalized spacial score (nSPS) is 10.7. The Morgan fingerprint density at radius 1 is 1.31 bits per heavy atom. The summed E-state index contributed by atoms with van der Waals surface area (Å²) in [7, 11) is 1.67. The number of fused-ring (bicyclic) bond motifs is 1. The molecule has 0 unspecified atom stereocenters. The lowest BCUT2D eigenvalue weighted by Crippen LogP contribution is -1.84. The molecule has 0 aliphatic heterocycles. The van der Waals surface area contributed by atoms with Crippen LogP contribution >= 0.6 is 0 Å². The van der Waals surface area contributed by atoms with Gasteiger partial charge in [0.15, 0.2) is 0 Å². The van der Waals surface area contributed by atoms with E-state index >= 15 is 0 Å². The van der Waals surface area contributed by atoms with Crippen LogP contribution in [0.3, 0.4) is 0 Å². The molecule has 0 saturated heterocycles. The molecular weight excluding hydrogens is 164 g/mol. The van der Waals surface area contributed by atoms with Gasteiger partial charge in [-0.15, -0.1) is 0 Å². The zero-order valence-electron chi connectivity index (χ0n) is 8.01. The van der Waals surface area contributed by atoms with Gasteiger partial charge in [-0.1, -0.05) is 0 Å². The molecule has 0 saturated carbocycles. The van der Waals surface area contributed by atoms with Gasteiger partial charge in [-0.2, -0.15) is 0 Å². The Balaban J connectivity index is 2.75. The summed E-state index contributed by atoms with van der Waals surface area (Å²) in [6.45, 7) is 3.98. The van der Waals surface area contributed by atoms with Crippen molar-refractivity contribution in [2.24, 2.45) is 0 Å². The predicted molar refractivity (Wildman–Crippen MR) is 52.1 cm³/mol. The van der Waals surface area contributed by atoms with Gasteiger partial charge in [-0.3, -0.25) is 0 Å². The monoisotopic (exact) mass is 176 g/mol. The number of aromatic amines is 1. The second kappa shape index (κ2) is 2.76. The molecule has 3 nitrogen and oxygen atoms in total. The molecule has 2 aromatic rings. The van der Waals surface area contributed by atoms with E-state index < -0.39 is 0 Å². The van der Waals surface area contributed by atoms with Crippen molar-refractivity contribution in [1.82, 2.24) is 9.97 Å². The van der Waals surface area contributed by atoms with Gasteiger partial charge in [0.25, 0.3) is 0 Å². The Hall–Kier alpha value is -1.51. The van der Waals surface area contributed by atoms with Crippen LogP contribution in [0.5, 0.6) is 5.75 Å². The van der Waals surface area contributed by atoms with Crippen molar-refractivity contribution in [2.45, 2.75) is 13.8 Å². The number of aryl methyl sites for hydroxylation is 2. The van der Waals surface area contributed by atoms with Crippen LogP contribution < -0.4 is 4.74 Å². The van der Waals surface area contributed by atoms with Crippen LogP contribution in [-0.4, -0.2) is 17.1 Å². The van der Waals surface area contributed by atoms with Crippen LogP contribution in [0.25, 0.3) is 11.0 Å². The van der Waals surface area contributed by atoms with Crippen molar-refractivity contribution in [2.75, 3.05) is 7.11 Å². The summed E-state index contributed by atoms with van der Waals surface area (Å²) in [5.41, 5.74) is 3.20. The van der Waals surface area contributed by atoms with Crippen molar-refractivity contribution in [3.63, 3.8) is 0 Å². The standard InChI is InChI=1S/C10H12N2O/c1-6-4-8(13-3)5-9-10(6)12-7(2)11-9/h4-5H,1-3H3,(H,11,12). The lowest BCUT2D eigenvalue weighted by molar-refractivity contribution is 0.415. The number of rotatable bonds is 1. The second-order valence-electron chi connectivity index (χ2n) is 3.16. The number of aromatic nitrogens is 2. The number of hydrogen-bond donors (Lipinski definition) is 1. The van der Waals surface area contributed by atoms with E-state index in [1.54, 1.807) is 7.11 Å². The van der Waals surface area contributed by atoms with E-state index in [-0.39, 0.29) is 0 Å². The van der Waals surface area contributed by atoms with Gasteiger partial charge >= 0.3 is 0 Å². The van der Waals surface area contributed by atoms with Crippen LogP contribution in [0.1, 0.15) is 11.4 Å². The molecule has 1 aromatic carbocycles. The number of methoxy groups -OCH3 is 1. The van der Waals surface area contributed by atoms with Gasteiger partial charge in [-0.05, 0) is 25.5 Å². The van der Waals surface area contributed by atoms with E-state index in [0.29, 0.717) is 0 Å². The van der Waals surface area contributed by atoms with E-state index in [9.17, 15) is 0 Å². The predicted octanol–water partition coefficient (Wildman–Crippen LogP) is 2.19. The first-order valence-electron chi connectivity index (χ1n) is 4.21. The molecule has 68 valence electrons. The zero-order valence-corrected chi connectivity index (χ0v) is 8.01. The Morgan fingerprint density at radius 2 is 2.08 bits per heavy atom. The van der Waals surface area contributed by atoms with Crippen molar-refractivity contribution < 1.29 is 4.74 Å². The van der Waals surface area contributed by atoms with Crippen LogP contribution in [-0.2, 0) is 0 Å². The van der Waals surface area contributed by atoms with E-state index in [4.69, 9.17) is 4.74 Å². The number of benzene rings is 1. The van der Waals surface area contributed by atoms with Gasteiger partial charge in [0, 0.05) is 6.07 Å². The molecule has 0 aliphatic carbocycles.